The van der Waals surface area contributed by atoms with E-state index in [-0.39, 0.29) is 10.2 Å². The molecule has 1 rings (SSSR count). The minimum atomic E-state index is -0.509. The lowest BCUT2D eigenvalue weighted by Crippen LogP contribution is -1.77. The first-order chi connectivity index (χ1) is 4.61. The molecule has 0 saturated carbocycles. The predicted molar refractivity (Wildman–Crippen MR) is 43.0 cm³/mol. The Hall–Kier alpha value is -0.220. The van der Waals surface area contributed by atoms with E-state index in [2.05, 4.69) is 28.6 Å². The Morgan fingerprint density at radius 2 is 2.10 bits per heavy atom. The molecule has 10 heavy (non-hydrogen) atoms. The third-order valence-corrected chi connectivity index (χ3v) is 2.04. The fourth-order valence-corrected chi connectivity index (χ4v) is 1.03. The number of halogens is 2. The van der Waals surface area contributed by atoms with Gasteiger partial charge >= 0.3 is 0 Å². The number of phenolic OH excluding ortho intramolecular Hbond substituents is 1. The van der Waals surface area contributed by atoms with Crippen molar-refractivity contribution < 1.29 is 9.50 Å². The van der Waals surface area contributed by atoms with Crippen LogP contribution in [0.25, 0.3) is 0 Å². The van der Waals surface area contributed by atoms with Gasteiger partial charge in [-0.05, 0) is 28.1 Å². The Balaban J connectivity index is 3.31. The molecule has 0 saturated heterocycles. The quantitative estimate of drug-likeness (QED) is 0.647. The van der Waals surface area contributed by atoms with E-state index in [1.54, 1.807) is 0 Å². The Labute approximate surface area is 71.4 Å². The largest absolute Gasteiger partial charge is 0.507 e. The van der Waals surface area contributed by atoms with Crippen molar-refractivity contribution in [2.45, 2.75) is 4.90 Å². The number of thiol groups is 1. The maximum atomic E-state index is 12.6. The summed E-state index contributed by atoms with van der Waals surface area (Å²) >= 11 is 6.70. The maximum Gasteiger partial charge on any atom is 0.142 e. The molecular formula is C6H4BrFOS. The minimum Gasteiger partial charge on any atom is -0.507 e. The zero-order valence-corrected chi connectivity index (χ0v) is 7.29. The molecule has 0 aromatic heterocycles. The average Bonchev–Trinajstić information content (AvgIpc) is 1.82. The first kappa shape index (κ1) is 7.88. The van der Waals surface area contributed by atoms with Crippen molar-refractivity contribution in [1.82, 2.24) is 0 Å². The lowest BCUT2D eigenvalue weighted by molar-refractivity contribution is 0.462. The molecule has 0 amide bonds. The van der Waals surface area contributed by atoms with Crippen molar-refractivity contribution in [2.24, 2.45) is 0 Å². The van der Waals surface area contributed by atoms with Crippen molar-refractivity contribution in [3.8, 4) is 5.75 Å². The van der Waals surface area contributed by atoms with Crippen LogP contribution in [0, 0.1) is 5.82 Å². The van der Waals surface area contributed by atoms with E-state index in [9.17, 15) is 4.39 Å². The maximum absolute atomic E-state index is 12.6. The standard InChI is InChI=1S/C6H4BrFOS/c7-6-4(8)1-3(10)2-5(6)9/h1-2,9-10H. The molecule has 1 N–H and O–H groups in total. The second-order valence-electron chi connectivity index (χ2n) is 1.76. The molecule has 0 aliphatic heterocycles. The summed E-state index contributed by atoms with van der Waals surface area (Å²) in [6.07, 6.45) is 0. The normalized spacial score (nSPS) is 9.90. The van der Waals surface area contributed by atoms with Crippen LogP contribution in [0.3, 0.4) is 0 Å². The van der Waals surface area contributed by atoms with Gasteiger partial charge in [-0.15, -0.1) is 12.6 Å². The van der Waals surface area contributed by atoms with E-state index in [1.807, 2.05) is 0 Å². The van der Waals surface area contributed by atoms with Gasteiger partial charge in [-0.2, -0.15) is 0 Å². The molecule has 0 fully saturated rings. The Bertz CT molecular complexity index is 241. The second-order valence-corrected chi connectivity index (χ2v) is 3.07. The van der Waals surface area contributed by atoms with Gasteiger partial charge in [0.1, 0.15) is 11.6 Å². The van der Waals surface area contributed by atoms with Crippen molar-refractivity contribution >= 4 is 28.6 Å². The van der Waals surface area contributed by atoms with Gasteiger partial charge in [-0.25, -0.2) is 4.39 Å². The number of benzene rings is 1. The van der Waals surface area contributed by atoms with Crippen LogP contribution in [0.15, 0.2) is 21.5 Å². The summed E-state index contributed by atoms with van der Waals surface area (Å²) in [5, 5.41) is 8.95. The minimum absolute atomic E-state index is 0.0744. The third-order valence-electron chi connectivity index (χ3n) is 0.994. The highest BCUT2D eigenvalue weighted by Gasteiger charge is 2.04. The predicted octanol–water partition coefficient (Wildman–Crippen LogP) is 2.58. The topological polar surface area (TPSA) is 20.2 Å². The average molecular weight is 223 g/mol. The van der Waals surface area contributed by atoms with Gasteiger partial charge in [0.05, 0.1) is 4.47 Å². The molecule has 0 atom stereocenters. The molecular weight excluding hydrogens is 219 g/mol. The summed E-state index contributed by atoms with van der Waals surface area (Å²) in [5.74, 6) is -0.644. The summed E-state index contributed by atoms with van der Waals surface area (Å²) in [4.78, 5) is 0.401. The van der Waals surface area contributed by atoms with Gasteiger partial charge in [-0.3, -0.25) is 0 Å². The van der Waals surface area contributed by atoms with E-state index in [0.717, 1.165) is 0 Å². The smallest absolute Gasteiger partial charge is 0.142 e. The van der Waals surface area contributed by atoms with Gasteiger partial charge in [0.2, 0.25) is 0 Å². The van der Waals surface area contributed by atoms with Gasteiger partial charge in [-0.1, -0.05) is 0 Å². The van der Waals surface area contributed by atoms with Crippen LogP contribution in [0.2, 0.25) is 0 Å². The first-order valence-electron chi connectivity index (χ1n) is 2.48. The second kappa shape index (κ2) is 2.80. The molecule has 0 aliphatic rings. The number of aromatic hydroxyl groups is 1. The van der Waals surface area contributed by atoms with E-state index in [4.69, 9.17) is 5.11 Å². The van der Waals surface area contributed by atoms with Crippen molar-refractivity contribution in [3.63, 3.8) is 0 Å². The molecule has 0 spiro atoms. The third kappa shape index (κ3) is 1.44. The lowest BCUT2D eigenvalue weighted by atomic mass is 10.3. The zero-order chi connectivity index (χ0) is 7.72. The molecule has 0 unspecified atom stereocenters. The Morgan fingerprint density at radius 3 is 2.60 bits per heavy atom. The Morgan fingerprint density at radius 1 is 1.50 bits per heavy atom. The molecule has 0 aliphatic carbocycles. The summed E-state index contributed by atoms with van der Waals surface area (Å²) in [5.41, 5.74) is 0. The summed E-state index contributed by atoms with van der Waals surface area (Å²) in [7, 11) is 0. The van der Waals surface area contributed by atoms with Crippen molar-refractivity contribution in [1.29, 1.82) is 0 Å². The fourth-order valence-electron chi connectivity index (χ4n) is 0.561. The van der Waals surface area contributed by atoms with Crippen LogP contribution in [-0.2, 0) is 0 Å². The van der Waals surface area contributed by atoms with Gasteiger partial charge < -0.3 is 5.11 Å². The molecule has 1 aromatic carbocycles. The number of hydrogen-bond acceptors (Lipinski definition) is 2. The Kier molecular flexibility index (Phi) is 2.21. The molecule has 0 heterocycles. The SMILES string of the molecule is Oc1cc(S)cc(F)c1Br. The fraction of sp³-hybridized carbons (Fsp3) is 0. The van der Waals surface area contributed by atoms with Crippen LogP contribution in [0.4, 0.5) is 4.39 Å². The van der Waals surface area contributed by atoms with Gasteiger partial charge in [0.25, 0.3) is 0 Å². The monoisotopic (exact) mass is 222 g/mol. The van der Waals surface area contributed by atoms with E-state index >= 15 is 0 Å². The summed E-state index contributed by atoms with van der Waals surface area (Å²) in [6, 6.07) is 2.57. The molecule has 4 heteroatoms. The molecule has 0 radical (unpaired) electrons. The van der Waals surface area contributed by atoms with Gasteiger partial charge in [0.15, 0.2) is 0 Å². The van der Waals surface area contributed by atoms with E-state index in [1.165, 1.54) is 12.1 Å². The first-order valence-corrected chi connectivity index (χ1v) is 3.72. The van der Waals surface area contributed by atoms with Crippen molar-refractivity contribution in [3.05, 3.63) is 22.4 Å². The highest BCUT2D eigenvalue weighted by molar-refractivity contribution is 9.10. The number of rotatable bonds is 0. The van der Waals surface area contributed by atoms with Crippen LogP contribution >= 0.6 is 28.6 Å². The summed E-state index contributed by atoms with van der Waals surface area (Å²) in [6.45, 7) is 0. The van der Waals surface area contributed by atoms with E-state index in [0.29, 0.717) is 4.90 Å². The van der Waals surface area contributed by atoms with Crippen LogP contribution in [0.1, 0.15) is 0 Å². The molecule has 0 bridgehead atoms. The summed E-state index contributed by atoms with van der Waals surface area (Å²) < 4.78 is 12.7. The highest BCUT2D eigenvalue weighted by atomic mass is 79.9. The lowest BCUT2D eigenvalue weighted by Gasteiger charge is -1.98. The van der Waals surface area contributed by atoms with Crippen LogP contribution in [-0.4, -0.2) is 5.11 Å². The van der Waals surface area contributed by atoms with Crippen LogP contribution in [0.5, 0.6) is 5.75 Å². The molecule has 1 aromatic rings. The number of phenols is 1. The zero-order valence-electron chi connectivity index (χ0n) is 4.81. The van der Waals surface area contributed by atoms with Gasteiger partial charge in [0, 0.05) is 4.90 Å². The highest BCUT2D eigenvalue weighted by Crippen LogP contribution is 2.28. The molecule has 1 nitrogen and oxygen atoms in total. The van der Waals surface area contributed by atoms with E-state index < -0.39 is 5.82 Å². The number of hydrogen-bond donors (Lipinski definition) is 2. The molecule has 54 valence electrons. The van der Waals surface area contributed by atoms with Crippen LogP contribution < -0.4 is 0 Å². The van der Waals surface area contributed by atoms with Crippen molar-refractivity contribution in [2.75, 3.05) is 0 Å².